The fourth-order valence-corrected chi connectivity index (χ4v) is 3.14. The van der Waals surface area contributed by atoms with Gasteiger partial charge < -0.3 is 9.47 Å². The lowest BCUT2D eigenvalue weighted by atomic mass is 10.1. The average molecular weight is 406 g/mol. The van der Waals surface area contributed by atoms with E-state index in [0.717, 1.165) is 12.8 Å². The summed E-state index contributed by atoms with van der Waals surface area (Å²) in [5, 5.41) is 1.95. The highest BCUT2D eigenvalue weighted by atomic mass is 32.2. The van der Waals surface area contributed by atoms with Crippen molar-refractivity contribution in [2.75, 3.05) is 19.6 Å². The molecule has 1 aromatic carbocycles. The first-order chi connectivity index (χ1) is 12.5. The summed E-state index contributed by atoms with van der Waals surface area (Å²) in [6, 6.07) is 5.93. The van der Waals surface area contributed by atoms with Crippen LogP contribution in [-0.2, 0) is 9.53 Å². The number of piperidine rings is 1. The maximum Gasteiger partial charge on any atom is 0.446 e. The van der Waals surface area contributed by atoms with Gasteiger partial charge in [-0.3, -0.25) is 4.79 Å². The van der Waals surface area contributed by atoms with Gasteiger partial charge in [-0.05, 0) is 69.6 Å². The highest BCUT2D eigenvalue weighted by Gasteiger charge is 2.29. The Labute approximate surface area is 161 Å². The zero-order valence-corrected chi connectivity index (χ0v) is 16.5. The topological polar surface area (TPSA) is 50.8 Å². The third-order valence-electron chi connectivity index (χ3n) is 3.67. The average Bonchev–Trinajstić information content (AvgIpc) is 2.53. The minimum atomic E-state index is -4.29. The number of halogens is 3. The van der Waals surface area contributed by atoms with Crippen molar-refractivity contribution in [1.82, 2.24) is 10.4 Å². The van der Waals surface area contributed by atoms with E-state index in [9.17, 15) is 18.0 Å². The van der Waals surface area contributed by atoms with Crippen LogP contribution in [0.5, 0.6) is 5.75 Å². The molecule has 0 atom stereocenters. The van der Waals surface area contributed by atoms with Gasteiger partial charge in [-0.25, -0.2) is 10.4 Å². The normalized spacial score (nSPS) is 17.0. The third-order valence-corrected chi connectivity index (χ3v) is 4.41. The predicted molar refractivity (Wildman–Crippen MR) is 97.4 cm³/mol. The van der Waals surface area contributed by atoms with E-state index < -0.39 is 11.1 Å². The number of nitrogens with zero attached hydrogens (tertiary/aromatic N) is 1. The van der Waals surface area contributed by atoms with Crippen LogP contribution in [0.4, 0.5) is 13.2 Å². The van der Waals surface area contributed by atoms with Crippen molar-refractivity contribution in [3.8, 4) is 5.75 Å². The lowest BCUT2D eigenvalue weighted by Crippen LogP contribution is -2.48. The molecule has 0 amide bonds. The molecular formula is C18H25F3N2O3S. The Morgan fingerprint density at radius 1 is 1.19 bits per heavy atom. The van der Waals surface area contributed by atoms with Crippen LogP contribution >= 0.6 is 11.8 Å². The Morgan fingerprint density at radius 2 is 1.78 bits per heavy atom. The summed E-state index contributed by atoms with van der Waals surface area (Å²) in [6.07, 6.45) is 1.49. The number of esters is 1. The van der Waals surface area contributed by atoms with Crippen LogP contribution in [-0.4, -0.2) is 47.8 Å². The maximum absolute atomic E-state index is 12.3. The quantitative estimate of drug-likeness (QED) is 0.570. The number of alkyl halides is 3. The van der Waals surface area contributed by atoms with Crippen molar-refractivity contribution in [2.45, 2.75) is 55.7 Å². The van der Waals surface area contributed by atoms with E-state index in [1.165, 1.54) is 12.1 Å². The molecule has 9 heteroatoms. The molecule has 5 nitrogen and oxygen atoms in total. The van der Waals surface area contributed by atoms with Gasteiger partial charge >= 0.3 is 11.5 Å². The number of ether oxygens (including phenoxy) is 2. The molecule has 2 rings (SSSR count). The largest absolute Gasteiger partial charge is 0.490 e. The molecule has 0 saturated carbocycles. The number of thioether (sulfide) groups is 1. The summed E-state index contributed by atoms with van der Waals surface area (Å²) >= 11 is -0.141. The fraction of sp³-hybridized carbons (Fsp3) is 0.611. The van der Waals surface area contributed by atoms with E-state index in [1.54, 1.807) is 12.1 Å². The van der Waals surface area contributed by atoms with Gasteiger partial charge in [0.05, 0.1) is 0 Å². The maximum atomic E-state index is 12.3. The fourth-order valence-electron chi connectivity index (χ4n) is 2.60. The van der Waals surface area contributed by atoms with Gasteiger partial charge in [0.2, 0.25) is 0 Å². The van der Waals surface area contributed by atoms with Crippen LogP contribution in [0, 0.1) is 0 Å². The third kappa shape index (κ3) is 8.85. The number of carbonyl (C=O) groups is 1. The van der Waals surface area contributed by atoms with Crippen LogP contribution in [0.1, 0.15) is 33.6 Å². The van der Waals surface area contributed by atoms with Crippen molar-refractivity contribution in [3.05, 3.63) is 24.3 Å². The number of rotatable bonds is 6. The summed E-state index contributed by atoms with van der Waals surface area (Å²) in [5.41, 5.74) is -1.74. The molecule has 0 bridgehead atoms. The number of carbonyl (C=O) groups excluding carboxylic acids is 1. The van der Waals surface area contributed by atoms with E-state index in [4.69, 9.17) is 9.47 Å². The van der Waals surface area contributed by atoms with E-state index >= 15 is 0 Å². The molecule has 0 radical (unpaired) electrons. The first kappa shape index (κ1) is 21.8. The standard InChI is InChI=1S/C18H25F3N2O3S/c1-17(2,3)26-16(24)12-22-23-10-8-14(9-11-23)25-13-4-6-15(7-5-13)27-18(19,20)21/h4-7,14,22H,8-12H2,1-3H3. The van der Waals surface area contributed by atoms with Crippen LogP contribution in [0.2, 0.25) is 0 Å². The van der Waals surface area contributed by atoms with E-state index in [1.807, 2.05) is 25.8 Å². The number of hydrogen-bond acceptors (Lipinski definition) is 6. The molecule has 0 aliphatic carbocycles. The zero-order valence-electron chi connectivity index (χ0n) is 15.6. The Kier molecular flexibility index (Phi) is 7.41. The second kappa shape index (κ2) is 9.16. The number of benzene rings is 1. The summed E-state index contributed by atoms with van der Waals surface area (Å²) in [4.78, 5) is 11.8. The molecule has 1 aromatic rings. The highest BCUT2D eigenvalue weighted by Crippen LogP contribution is 2.37. The molecule has 1 heterocycles. The molecule has 27 heavy (non-hydrogen) atoms. The van der Waals surface area contributed by atoms with Gasteiger partial charge in [0, 0.05) is 18.0 Å². The summed E-state index contributed by atoms with van der Waals surface area (Å²) in [6.45, 7) is 6.98. The number of hydrazine groups is 1. The second-order valence-electron chi connectivity index (χ2n) is 7.24. The monoisotopic (exact) mass is 406 g/mol. The molecule has 1 aliphatic heterocycles. The van der Waals surface area contributed by atoms with Gasteiger partial charge in [0.25, 0.3) is 0 Å². The Morgan fingerprint density at radius 3 is 2.30 bits per heavy atom. The molecule has 0 unspecified atom stereocenters. The second-order valence-corrected chi connectivity index (χ2v) is 8.38. The molecule has 0 spiro atoms. The number of hydrogen-bond donors (Lipinski definition) is 1. The van der Waals surface area contributed by atoms with E-state index in [2.05, 4.69) is 5.43 Å². The summed E-state index contributed by atoms with van der Waals surface area (Å²) < 4.78 is 48.1. The molecule has 1 aliphatic rings. The first-order valence-electron chi connectivity index (χ1n) is 8.73. The lowest BCUT2D eigenvalue weighted by molar-refractivity contribution is -0.154. The molecular weight excluding hydrogens is 381 g/mol. The summed E-state index contributed by atoms with van der Waals surface area (Å²) in [5.74, 6) is 0.249. The van der Waals surface area contributed by atoms with E-state index in [0.29, 0.717) is 18.8 Å². The van der Waals surface area contributed by atoms with Crippen molar-refractivity contribution < 1.29 is 27.4 Å². The molecule has 1 N–H and O–H groups in total. The van der Waals surface area contributed by atoms with Crippen LogP contribution < -0.4 is 10.2 Å². The number of nitrogens with one attached hydrogen (secondary N) is 1. The minimum Gasteiger partial charge on any atom is -0.490 e. The Bertz CT molecular complexity index is 610. The van der Waals surface area contributed by atoms with Gasteiger partial charge in [0.1, 0.15) is 24.0 Å². The highest BCUT2D eigenvalue weighted by molar-refractivity contribution is 8.00. The smallest absolute Gasteiger partial charge is 0.446 e. The van der Waals surface area contributed by atoms with Gasteiger partial charge in [-0.15, -0.1) is 0 Å². The van der Waals surface area contributed by atoms with Crippen LogP contribution in [0.15, 0.2) is 29.2 Å². The Hall–Kier alpha value is -1.45. The van der Waals surface area contributed by atoms with Crippen molar-refractivity contribution in [3.63, 3.8) is 0 Å². The zero-order chi connectivity index (χ0) is 20.1. The van der Waals surface area contributed by atoms with Crippen molar-refractivity contribution >= 4 is 17.7 Å². The van der Waals surface area contributed by atoms with Gasteiger partial charge in [0.15, 0.2) is 0 Å². The molecule has 152 valence electrons. The molecule has 1 saturated heterocycles. The van der Waals surface area contributed by atoms with Crippen molar-refractivity contribution in [1.29, 1.82) is 0 Å². The predicted octanol–water partition coefficient (Wildman–Crippen LogP) is 3.99. The summed E-state index contributed by atoms with van der Waals surface area (Å²) in [7, 11) is 0. The molecule has 1 fully saturated rings. The van der Waals surface area contributed by atoms with Gasteiger partial charge in [-0.2, -0.15) is 13.2 Å². The van der Waals surface area contributed by atoms with Crippen molar-refractivity contribution in [2.24, 2.45) is 0 Å². The minimum absolute atomic E-state index is 0.00861. The van der Waals surface area contributed by atoms with Crippen LogP contribution in [0.25, 0.3) is 0 Å². The lowest BCUT2D eigenvalue weighted by Gasteiger charge is -2.32. The van der Waals surface area contributed by atoms with E-state index in [-0.39, 0.29) is 35.3 Å². The van der Waals surface area contributed by atoms with Gasteiger partial charge in [-0.1, -0.05) is 0 Å². The van der Waals surface area contributed by atoms with Crippen LogP contribution in [0.3, 0.4) is 0 Å². The SMILES string of the molecule is CC(C)(C)OC(=O)CNN1CCC(Oc2ccc(SC(F)(F)F)cc2)CC1. The first-order valence-corrected chi connectivity index (χ1v) is 9.54. The molecule has 0 aromatic heterocycles. The Balaban J connectivity index is 1.71.